The average Bonchev–Trinajstić information content (AvgIpc) is 2.69. The fraction of sp³-hybridized carbons (Fsp3) is 0.522. The number of carbonyl (C=O) groups is 1. The van der Waals surface area contributed by atoms with Crippen molar-refractivity contribution in [3.8, 4) is 0 Å². The van der Waals surface area contributed by atoms with Gasteiger partial charge in [-0.2, -0.15) is 0 Å². The molecule has 1 aliphatic carbocycles. The number of allylic oxidation sites excluding steroid dienone is 4. The summed E-state index contributed by atoms with van der Waals surface area (Å²) in [6.07, 6.45) is 13.5. The van der Waals surface area contributed by atoms with Crippen molar-refractivity contribution in [2.45, 2.75) is 45.4 Å². The summed E-state index contributed by atoms with van der Waals surface area (Å²) in [6, 6.07) is 0. The maximum absolute atomic E-state index is 12.6. The van der Waals surface area contributed by atoms with Crippen LogP contribution in [0.5, 0.6) is 0 Å². The molecule has 1 amide bonds. The number of rotatable bonds is 9. The molecule has 0 bridgehead atoms. The number of carbonyl (C=O) groups excluding carboxylic acids is 1. The van der Waals surface area contributed by atoms with E-state index in [4.69, 9.17) is 4.74 Å². The van der Waals surface area contributed by atoms with Gasteiger partial charge in [-0.25, -0.2) is 0 Å². The van der Waals surface area contributed by atoms with Crippen LogP contribution in [0.1, 0.15) is 45.4 Å². The van der Waals surface area contributed by atoms with E-state index in [1.54, 1.807) is 13.3 Å². The van der Waals surface area contributed by atoms with Gasteiger partial charge in [0.05, 0.1) is 7.11 Å². The van der Waals surface area contributed by atoms with Crippen molar-refractivity contribution in [1.82, 2.24) is 16.0 Å². The number of hydrogen-bond donors (Lipinski definition) is 3. The molecule has 1 heterocycles. The van der Waals surface area contributed by atoms with E-state index < -0.39 is 0 Å². The van der Waals surface area contributed by atoms with E-state index in [1.165, 1.54) is 12.0 Å². The van der Waals surface area contributed by atoms with Gasteiger partial charge in [0.15, 0.2) is 5.88 Å². The first-order valence-corrected chi connectivity index (χ1v) is 10.2. The van der Waals surface area contributed by atoms with E-state index in [1.807, 2.05) is 18.2 Å². The van der Waals surface area contributed by atoms with Gasteiger partial charge in [-0.15, -0.1) is 0 Å². The molecular weight excluding hydrogens is 350 g/mol. The molecule has 0 aromatic heterocycles. The lowest BCUT2D eigenvalue weighted by Crippen LogP contribution is -2.41. The van der Waals surface area contributed by atoms with Gasteiger partial charge in [-0.1, -0.05) is 30.9 Å². The van der Waals surface area contributed by atoms with Gasteiger partial charge >= 0.3 is 0 Å². The van der Waals surface area contributed by atoms with Gasteiger partial charge in [-0.05, 0) is 63.3 Å². The first-order chi connectivity index (χ1) is 13.5. The molecule has 0 aromatic rings. The third-order valence-electron chi connectivity index (χ3n) is 5.85. The molecule has 5 nitrogen and oxygen atoms in total. The molecule has 0 fully saturated rings. The van der Waals surface area contributed by atoms with Crippen molar-refractivity contribution in [2.24, 2.45) is 5.41 Å². The summed E-state index contributed by atoms with van der Waals surface area (Å²) in [4.78, 5) is 12.6. The Hall–Kier alpha value is -2.43. The molecule has 1 unspecified atom stereocenters. The number of amides is 1. The summed E-state index contributed by atoms with van der Waals surface area (Å²) in [5.41, 5.74) is 3.09. The summed E-state index contributed by atoms with van der Waals surface area (Å²) in [5, 5.41) is 9.72. The van der Waals surface area contributed by atoms with Gasteiger partial charge in [0.25, 0.3) is 0 Å². The van der Waals surface area contributed by atoms with Gasteiger partial charge in [0.1, 0.15) is 0 Å². The van der Waals surface area contributed by atoms with Crippen molar-refractivity contribution >= 4 is 5.91 Å². The normalized spacial score (nSPS) is 25.5. The topological polar surface area (TPSA) is 62.4 Å². The molecule has 1 atom stereocenters. The lowest BCUT2D eigenvalue weighted by molar-refractivity contribution is -0.117. The number of methoxy groups -OCH3 is 1. The quantitative estimate of drug-likeness (QED) is 0.530. The molecule has 0 radical (unpaired) electrons. The Bertz CT molecular complexity index is 675. The minimum absolute atomic E-state index is 0.0917. The Morgan fingerprint density at radius 2 is 2.07 bits per heavy atom. The van der Waals surface area contributed by atoms with Crippen LogP contribution in [0.2, 0.25) is 0 Å². The zero-order valence-electron chi connectivity index (χ0n) is 17.4. The molecule has 0 saturated carbocycles. The second kappa shape index (κ2) is 10.8. The summed E-state index contributed by atoms with van der Waals surface area (Å²) < 4.78 is 5.38. The summed E-state index contributed by atoms with van der Waals surface area (Å²) >= 11 is 0. The molecule has 0 saturated heterocycles. The molecule has 5 heteroatoms. The van der Waals surface area contributed by atoms with Gasteiger partial charge in [0, 0.05) is 30.6 Å². The van der Waals surface area contributed by atoms with Crippen molar-refractivity contribution in [3.63, 3.8) is 0 Å². The van der Waals surface area contributed by atoms with E-state index >= 15 is 0 Å². The minimum Gasteiger partial charge on any atom is -0.483 e. The highest BCUT2D eigenvalue weighted by Crippen LogP contribution is 2.35. The number of nitrogens with one attached hydrogen (secondary N) is 3. The third kappa shape index (κ3) is 5.78. The van der Waals surface area contributed by atoms with Crippen LogP contribution in [0.3, 0.4) is 0 Å². The van der Waals surface area contributed by atoms with E-state index in [0.717, 1.165) is 55.7 Å². The zero-order valence-corrected chi connectivity index (χ0v) is 17.4. The molecule has 3 N–H and O–H groups in total. The predicted molar refractivity (Wildman–Crippen MR) is 115 cm³/mol. The highest BCUT2D eigenvalue weighted by atomic mass is 16.5. The van der Waals surface area contributed by atoms with Crippen molar-refractivity contribution < 1.29 is 9.53 Å². The molecule has 1 aliphatic heterocycles. The highest BCUT2D eigenvalue weighted by molar-refractivity contribution is 5.94. The Morgan fingerprint density at radius 3 is 2.79 bits per heavy atom. The van der Waals surface area contributed by atoms with Gasteiger partial charge < -0.3 is 20.7 Å². The fourth-order valence-electron chi connectivity index (χ4n) is 3.92. The van der Waals surface area contributed by atoms with Crippen LogP contribution in [0.4, 0.5) is 0 Å². The first kappa shape index (κ1) is 21.9. The van der Waals surface area contributed by atoms with Crippen LogP contribution in [0.15, 0.2) is 60.2 Å². The first-order valence-electron chi connectivity index (χ1n) is 10.2. The van der Waals surface area contributed by atoms with Crippen LogP contribution in [0, 0.1) is 5.41 Å². The van der Waals surface area contributed by atoms with Crippen LogP contribution in [-0.2, 0) is 9.53 Å². The van der Waals surface area contributed by atoms with E-state index in [9.17, 15) is 4.79 Å². The van der Waals surface area contributed by atoms with Gasteiger partial charge in [0.2, 0.25) is 5.91 Å². The standard InChI is InChI=1S/C23H35N3O2/c1-5-24-15-13-23(17-26-21(28-4)12-8-10-19(23)3)14-16-25-22(27)20-11-7-6-9-18(20)2/h5,8,10,12,24,26H,1,3,6-7,9,11,13-17H2,2,4H3,(H,25,27)/b10-8-,21-12+. The molecular formula is C23H35N3O2. The molecule has 2 rings (SSSR count). The molecule has 0 aromatic carbocycles. The molecule has 2 aliphatic rings. The largest absolute Gasteiger partial charge is 0.483 e. The maximum Gasteiger partial charge on any atom is 0.247 e. The van der Waals surface area contributed by atoms with Crippen molar-refractivity contribution in [1.29, 1.82) is 0 Å². The Morgan fingerprint density at radius 1 is 1.32 bits per heavy atom. The second-order valence-corrected chi connectivity index (χ2v) is 7.63. The Kier molecular flexibility index (Phi) is 8.42. The Balaban J connectivity index is 2.06. The summed E-state index contributed by atoms with van der Waals surface area (Å²) in [7, 11) is 1.66. The lowest BCUT2D eigenvalue weighted by atomic mass is 9.74. The third-order valence-corrected chi connectivity index (χ3v) is 5.85. The summed E-state index contributed by atoms with van der Waals surface area (Å²) in [5.74, 6) is 0.825. The van der Waals surface area contributed by atoms with E-state index in [0.29, 0.717) is 13.1 Å². The van der Waals surface area contributed by atoms with Crippen molar-refractivity contribution in [3.05, 3.63) is 60.2 Å². The lowest BCUT2D eigenvalue weighted by Gasteiger charge is -2.36. The SMILES string of the molecule is C=CNCCC1(CCNC(=O)C2=C(C)CCCC2)CN/C(OC)=C\C=C/C1=C. The molecule has 0 spiro atoms. The van der Waals surface area contributed by atoms with Gasteiger partial charge in [-0.3, -0.25) is 4.79 Å². The number of ether oxygens (including phenoxy) is 1. The minimum atomic E-state index is -0.187. The Labute approximate surface area is 169 Å². The van der Waals surface area contributed by atoms with Crippen LogP contribution >= 0.6 is 0 Å². The predicted octanol–water partition coefficient (Wildman–Crippen LogP) is 3.70. The van der Waals surface area contributed by atoms with Crippen molar-refractivity contribution in [2.75, 3.05) is 26.7 Å². The van der Waals surface area contributed by atoms with Crippen LogP contribution < -0.4 is 16.0 Å². The molecule has 154 valence electrons. The maximum atomic E-state index is 12.6. The van der Waals surface area contributed by atoms with Crippen LogP contribution in [-0.4, -0.2) is 32.7 Å². The average molecular weight is 386 g/mol. The second-order valence-electron chi connectivity index (χ2n) is 7.63. The zero-order chi connectivity index (χ0) is 20.4. The van der Waals surface area contributed by atoms with Crippen LogP contribution in [0.25, 0.3) is 0 Å². The number of hydrogen-bond acceptors (Lipinski definition) is 4. The van der Waals surface area contributed by atoms with E-state index in [-0.39, 0.29) is 11.3 Å². The smallest absolute Gasteiger partial charge is 0.247 e. The highest BCUT2D eigenvalue weighted by Gasteiger charge is 2.32. The monoisotopic (exact) mass is 385 g/mol. The van der Waals surface area contributed by atoms with E-state index in [2.05, 4.69) is 36.0 Å². The summed E-state index contributed by atoms with van der Waals surface area (Å²) in [6.45, 7) is 12.3. The fourth-order valence-corrected chi connectivity index (χ4v) is 3.92. The molecule has 28 heavy (non-hydrogen) atoms.